The van der Waals surface area contributed by atoms with Gasteiger partial charge in [0.15, 0.2) is 0 Å². The molecule has 1 aliphatic rings. The van der Waals surface area contributed by atoms with Gasteiger partial charge >= 0.3 is 0 Å². The molecule has 1 aliphatic carbocycles. The van der Waals surface area contributed by atoms with Crippen molar-refractivity contribution >= 4 is 0 Å². The Kier molecular flexibility index (Phi) is 3.36. The maximum absolute atomic E-state index is 3.45. The van der Waals surface area contributed by atoms with E-state index in [4.69, 9.17) is 0 Å². The molecule has 0 saturated carbocycles. The summed E-state index contributed by atoms with van der Waals surface area (Å²) in [5.41, 5.74) is 4.15. The van der Waals surface area contributed by atoms with E-state index >= 15 is 0 Å². The van der Waals surface area contributed by atoms with Crippen molar-refractivity contribution in [3.63, 3.8) is 0 Å². The zero-order valence-corrected chi connectivity index (χ0v) is 9.16. The number of hydrogen-bond acceptors (Lipinski definition) is 1. The molecule has 0 radical (unpaired) electrons. The lowest BCUT2D eigenvalue weighted by Crippen LogP contribution is -2.15. The summed E-state index contributed by atoms with van der Waals surface area (Å²) in [4.78, 5) is 0. The third-order valence-corrected chi connectivity index (χ3v) is 2.65. The van der Waals surface area contributed by atoms with E-state index in [0.717, 1.165) is 19.5 Å². The van der Waals surface area contributed by atoms with Crippen molar-refractivity contribution in [3.8, 4) is 0 Å². The maximum atomic E-state index is 3.45. The second-order valence-corrected chi connectivity index (χ2v) is 4.05. The molecule has 0 saturated heterocycles. The van der Waals surface area contributed by atoms with Crippen molar-refractivity contribution in [2.45, 2.75) is 19.9 Å². The third kappa shape index (κ3) is 3.07. The molecule has 0 bridgehead atoms. The van der Waals surface area contributed by atoms with Gasteiger partial charge < -0.3 is 5.32 Å². The highest BCUT2D eigenvalue weighted by Gasteiger charge is 1.98. The molecule has 1 heteroatoms. The highest BCUT2D eigenvalue weighted by atomic mass is 14.8. The Morgan fingerprint density at radius 3 is 2.60 bits per heavy atom. The van der Waals surface area contributed by atoms with Crippen LogP contribution < -0.4 is 5.32 Å². The molecule has 1 nitrogen and oxygen atoms in total. The van der Waals surface area contributed by atoms with E-state index in [2.05, 4.69) is 54.7 Å². The minimum atomic E-state index is 0.956. The fourth-order valence-corrected chi connectivity index (χ4v) is 1.70. The minimum absolute atomic E-state index is 0.956. The van der Waals surface area contributed by atoms with E-state index in [9.17, 15) is 0 Å². The summed E-state index contributed by atoms with van der Waals surface area (Å²) in [6, 6.07) is 8.69. The molecule has 0 spiro atoms. The number of nitrogens with one attached hydrogen (secondary N) is 1. The molecule has 0 amide bonds. The van der Waals surface area contributed by atoms with Crippen molar-refractivity contribution in [3.05, 3.63) is 59.2 Å². The van der Waals surface area contributed by atoms with Crippen molar-refractivity contribution in [2.24, 2.45) is 0 Å². The summed E-state index contributed by atoms with van der Waals surface area (Å²) in [5, 5.41) is 3.45. The number of aryl methyl sites for hydroxylation is 1. The van der Waals surface area contributed by atoms with Gasteiger partial charge in [-0.15, -0.1) is 0 Å². The highest BCUT2D eigenvalue weighted by Crippen LogP contribution is 2.09. The molecular formula is C14H17N. The Morgan fingerprint density at radius 2 is 1.93 bits per heavy atom. The molecule has 0 aliphatic heterocycles. The summed E-state index contributed by atoms with van der Waals surface area (Å²) in [6.45, 7) is 4.07. The lowest BCUT2D eigenvalue weighted by molar-refractivity contribution is 0.734. The molecule has 0 heterocycles. The molecular weight excluding hydrogens is 182 g/mol. The van der Waals surface area contributed by atoms with Crippen molar-refractivity contribution in [2.75, 3.05) is 6.54 Å². The van der Waals surface area contributed by atoms with E-state index in [0.29, 0.717) is 0 Å². The van der Waals surface area contributed by atoms with Crippen LogP contribution in [0.5, 0.6) is 0 Å². The van der Waals surface area contributed by atoms with Crippen molar-refractivity contribution in [1.29, 1.82) is 0 Å². The first-order chi connectivity index (χ1) is 7.34. The second-order valence-electron chi connectivity index (χ2n) is 4.05. The van der Waals surface area contributed by atoms with Crippen LogP contribution in [0.3, 0.4) is 0 Å². The average molecular weight is 199 g/mol. The summed E-state index contributed by atoms with van der Waals surface area (Å²) < 4.78 is 0. The van der Waals surface area contributed by atoms with Crippen LogP contribution in [0.1, 0.15) is 17.5 Å². The molecule has 1 N–H and O–H groups in total. The van der Waals surface area contributed by atoms with Gasteiger partial charge in [-0.05, 0) is 18.9 Å². The van der Waals surface area contributed by atoms with Gasteiger partial charge in [-0.1, -0.05) is 53.6 Å². The number of benzene rings is 1. The minimum Gasteiger partial charge on any atom is -0.309 e. The van der Waals surface area contributed by atoms with E-state index in [-0.39, 0.29) is 0 Å². The van der Waals surface area contributed by atoms with Gasteiger partial charge in [0.05, 0.1) is 0 Å². The molecule has 1 aromatic carbocycles. The standard InChI is InChI=1S/C14H17N/c1-12-6-8-14(9-7-12)11-15-10-13-4-2-3-5-13/h2-4,6-9,15H,5,10-11H2,1H3. The quantitative estimate of drug-likeness (QED) is 0.786. The second kappa shape index (κ2) is 4.94. The molecule has 0 unspecified atom stereocenters. The molecule has 15 heavy (non-hydrogen) atoms. The largest absolute Gasteiger partial charge is 0.309 e. The van der Waals surface area contributed by atoms with Crippen LogP contribution in [0.2, 0.25) is 0 Å². The van der Waals surface area contributed by atoms with Crippen LogP contribution in [0.4, 0.5) is 0 Å². The van der Waals surface area contributed by atoms with Gasteiger partial charge in [0.1, 0.15) is 0 Å². The Balaban J connectivity index is 1.76. The summed E-state index contributed by atoms with van der Waals surface area (Å²) in [5.74, 6) is 0. The van der Waals surface area contributed by atoms with E-state index in [1.54, 1.807) is 0 Å². The smallest absolute Gasteiger partial charge is 0.0208 e. The van der Waals surface area contributed by atoms with Crippen LogP contribution in [0, 0.1) is 6.92 Å². The first-order valence-electron chi connectivity index (χ1n) is 5.45. The first kappa shape index (κ1) is 10.2. The lowest BCUT2D eigenvalue weighted by Gasteiger charge is -2.05. The Labute approximate surface area is 91.5 Å². The van der Waals surface area contributed by atoms with Crippen LogP contribution >= 0.6 is 0 Å². The molecule has 0 aromatic heterocycles. The third-order valence-electron chi connectivity index (χ3n) is 2.65. The molecule has 2 rings (SSSR count). The lowest BCUT2D eigenvalue weighted by atomic mass is 10.1. The zero-order chi connectivity index (χ0) is 10.5. The Bertz CT molecular complexity index is 371. The van der Waals surface area contributed by atoms with Gasteiger partial charge in [0.2, 0.25) is 0 Å². The van der Waals surface area contributed by atoms with Crippen molar-refractivity contribution < 1.29 is 0 Å². The summed E-state index contributed by atoms with van der Waals surface area (Å²) in [7, 11) is 0. The predicted molar refractivity (Wildman–Crippen MR) is 64.7 cm³/mol. The number of allylic oxidation sites excluding steroid dienone is 3. The Hall–Kier alpha value is -1.34. The molecule has 0 atom stereocenters. The van der Waals surface area contributed by atoms with E-state index < -0.39 is 0 Å². The SMILES string of the molecule is Cc1ccc(CNCC2=CC=CC2)cc1. The zero-order valence-electron chi connectivity index (χ0n) is 9.16. The highest BCUT2D eigenvalue weighted by molar-refractivity contribution is 5.24. The van der Waals surface area contributed by atoms with Crippen LogP contribution in [-0.2, 0) is 6.54 Å². The Morgan fingerprint density at radius 1 is 1.13 bits per heavy atom. The normalized spacial score (nSPS) is 14.3. The maximum Gasteiger partial charge on any atom is 0.0208 e. The molecule has 1 aromatic rings. The molecule has 0 fully saturated rings. The number of hydrogen-bond donors (Lipinski definition) is 1. The van der Waals surface area contributed by atoms with Crippen molar-refractivity contribution in [1.82, 2.24) is 5.32 Å². The topological polar surface area (TPSA) is 12.0 Å². The van der Waals surface area contributed by atoms with Gasteiger partial charge in [-0.2, -0.15) is 0 Å². The van der Waals surface area contributed by atoms with Crippen LogP contribution in [0.15, 0.2) is 48.1 Å². The summed E-state index contributed by atoms with van der Waals surface area (Å²) in [6.07, 6.45) is 7.63. The predicted octanol–water partition coefficient (Wildman–Crippen LogP) is 2.97. The fraction of sp³-hybridized carbons (Fsp3) is 0.286. The van der Waals surface area contributed by atoms with Gasteiger partial charge in [0, 0.05) is 13.1 Å². The number of rotatable bonds is 4. The van der Waals surface area contributed by atoms with Gasteiger partial charge in [0.25, 0.3) is 0 Å². The van der Waals surface area contributed by atoms with Crippen LogP contribution in [0.25, 0.3) is 0 Å². The van der Waals surface area contributed by atoms with Gasteiger partial charge in [-0.3, -0.25) is 0 Å². The monoisotopic (exact) mass is 199 g/mol. The average Bonchev–Trinajstić information content (AvgIpc) is 2.74. The molecule has 78 valence electrons. The van der Waals surface area contributed by atoms with Gasteiger partial charge in [-0.25, -0.2) is 0 Å². The first-order valence-corrected chi connectivity index (χ1v) is 5.45. The van der Waals surface area contributed by atoms with E-state index in [1.807, 2.05) is 0 Å². The summed E-state index contributed by atoms with van der Waals surface area (Å²) >= 11 is 0. The fourth-order valence-electron chi connectivity index (χ4n) is 1.70. The van der Waals surface area contributed by atoms with Crippen LogP contribution in [-0.4, -0.2) is 6.54 Å². The van der Waals surface area contributed by atoms with E-state index in [1.165, 1.54) is 16.7 Å².